The Morgan fingerprint density at radius 2 is 1.56 bits per heavy atom. The normalized spacial score (nSPS) is 42.0. The van der Waals surface area contributed by atoms with Crippen LogP contribution in [0.5, 0.6) is 0 Å². The molecule has 4 saturated carbocycles. The van der Waals surface area contributed by atoms with Gasteiger partial charge in [0.15, 0.2) is 5.78 Å². The predicted molar refractivity (Wildman–Crippen MR) is 142 cm³/mol. The number of nitrogens with zero attached hydrogens (tertiary/aromatic N) is 1. The first-order valence-electron chi connectivity index (χ1n) is 14.3. The standard InChI is InChI=1S/C27H46N2O.C2H6.H2N2/c1-18-8-7-14-26(3)20(16-18)11-12-21-22-9-5-6-10-24(25(30)17-29-19(2)28)27(22,4)15-13-23(21)26;2*1-2/h18,20-24H,5-17H2,1-4H3,(H2,28,29);1-2H3;1-2H. The van der Waals surface area contributed by atoms with Gasteiger partial charge in [-0.3, -0.25) is 9.79 Å². The lowest BCUT2D eigenvalue weighted by molar-refractivity contribution is -0.141. The number of aliphatic imine (C=N–C) groups is 1. The molecule has 0 aromatic carbocycles. The van der Waals surface area contributed by atoms with E-state index in [9.17, 15) is 4.79 Å². The van der Waals surface area contributed by atoms with Crippen LogP contribution in [-0.4, -0.2) is 18.2 Å². The SMILES string of the molecule is CC.CC(N)=NCC(=O)C1CCCCC2C3CCC4CC(C)CCCC4(C)C3CCC12C.N=N. The maximum atomic E-state index is 13.3. The van der Waals surface area contributed by atoms with Crippen molar-refractivity contribution >= 4 is 11.6 Å². The van der Waals surface area contributed by atoms with Crippen LogP contribution in [0.1, 0.15) is 119 Å². The molecule has 0 heterocycles. The molecule has 0 spiro atoms. The van der Waals surface area contributed by atoms with Gasteiger partial charge in [0.05, 0.1) is 12.4 Å². The number of rotatable bonds is 3. The quantitative estimate of drug-likeness (QED) is 0.219. The summed E-state index contributed by atoms with van der Waals surface area (Å²) in [7, 11) is 0. The van der Waals surface area contributed by atoms with Crippen molar-refractivity contribution < 1.29 is 4.79 Å². The fourth-order valence-corrected chi connectivity index (χ4v) is 8.95. The Balaban J connectivity index is 0.000000970. The van der Waals surface area contributed by atoms with Crippen LogP contribution in [0.15, 0.2) is 4.99 Å². The van der Waals surface area contributed by atoms with Crippen LogP contribution < -0.4 is 5.73 Å². The summed E-state index contributed by atoms with van der Waals surface area (Å²) >= 11 is 0. The molecule has 0 amide bonds. The Morgan fingerprint density at radius 3 is 2.24 bits per heavy atom. The van der Waals surface area contributed by atoms with Crippen molar-refractivity contribution in [2.24, 2.45) is 57.1 Å². The maximum absolute atomic E-state index is 13.3. The van der Waals surface area contributed by atoms with Gasteiger partial charge in [-0.15, -0.1) is 0 Å². The molecule has 4 aliphatic carbocycles. The molecule has 4 N–H and O–H groups in total. The second-order valence-corrected chi connectivity index (χ2v) is 12.2. The minimum absolute atomic E-state index is 0.175. The number of carbonyl (C=O) groups is 1. The van der Waals surface area contributed by atoms with E-state index in [2.05, 4.69) is 25.8 Å². The van der Waals surface area contributed by atoms with E-state index < -0.39 is 0 Å². The number of amidine groups is 1. The molecule has 0 aromatic rings. The molecule has 8 atom stereocenters. The second-order valence-electron chi connectivity index (χ2n) is 12.2. The van der Waals surface area contributed by atoms with Gasteiger partial charge in [-0.1, -0.05) is 60.3 Å². The van der Waals surface area contributed by atoms with Gasteiger partial charge < -0.3 is 5.73 Å². The van der Waals surface area contributed by atoms with E-state index in [-0.39, 0.29) is 11.3 Å². The number of hydrogen-bond acceptors (Lipinski definition) is 4. The summed E-state index contributed by atoms with van der Waals surface area (Å²) < 4.78 is 0. The molecular formula is C29H54N4O. The van der Waals surface area contributed by atoms with Gasteiger partial charge in [0.1, 0.15) is 0 Å². The molecule has 196 valence electrons. The predicted octanol–water partition coefficient (Wildman–Crippen LogP) is 8.02. The van der Waals surface area contributed by atoms with Gasteiger partial charge in [0, 0.05) is 5.92 Å². The van der Waals surface area contributed by atoms with E-state index in [0.717, 1.165) is 36.0 Å². The van der Waals surface area contributed by atoms with Crippen LogP contribution in [0.4, 0.5) is 0 Å². The number of fused-ring (bicyclic) bond motifs is 5. The van der Waals surface area contributed by atoms with Gasteiger partial charge in [-0.2, -0.15) is 0 Å². The summed E-state index contributed by atoms with van der Waals surface area (Å²) in [5.41, 5.74) is 16.5. The number of Topliss-reactive ketones (excluding diaryl/α,β-unsaturated/α-hetero) is 1. The van der Waals surface area contributed by atoms with Crippen LogP contribution >= 0.6 is 0 Å². The number of nitrogens with one attached hydrogen (secondary N) is 2. The zero-order valence-electron chi connectivity index (χ0n) is 23.1. The fourth-order valence-electron chi connectivity index (χ4n) is 8.95. The van der Waals surface area contributed by atoms with Crippen LogP contribution in [0.25, 0.3) is 0 Å². The molecule has 0 aliphatic heterocycles. The summed E-state index contributed by atoms with van der Waals surface area (Å²) in [5.74, 6) is 5.39. The minimum Gasteiger partial charge on any atom is -0.388 e. The third-order valence-electron chi connectivity index (χ3n) is 10.5. The third-order valence-corrected chi connectivity index (χ3v) is 10.5. The van der Waals surface area contributed by atoms with E-state index >= 15 is 0 Å². The molecule has 5 heteroatoms. The molecule has 0 aromatic heterocycles. The second kappa shape index (κ2) is 12.6. The average molecular weight is 475 g/mol. The Bertz CT molecular complexity index is 690. The first-order chi connectivity index (χ1) is 16.3. The van der Waals surface area contributed by atoms with E-state index in [4.69, 9.17) is 16.8 Å². The fraction of sp³-hybridized carbons (Fsp3) is 0.931. The van der Waals surface area contributed by atoms with Crippen molar-refractivity contribution in [3.63, 3.8) is 0 Å². The number of nitrogens with two attached hydrogens (primary N) is 1. The maximum Gasteiger partial charge on any atom is 0.157 e. The van der Waals surface area contributed by atoms with Crippen LogP contribution in [0.2, 0.25) is 0 Å². The topological polar surface area (TPSA) is 103 Å². The summed E-state index contributed by atoms with van der Waals surface area (Å²) in [4.78, 5) is 17.6. The Morgan fingerprint density at radius 1 is 0.912 bits per heavy atom. The van der Waals surface area contributed by atoms with Gasteiger partial charge in [0.25, 0.3) is 0 Å². The Hall–Kier alpha value is -1.26. The van der Waals surface area contributed by atoms with Crippen molar-refractivity contribution in [1.82, 2.24) is 0 Å². The third kappa shape index (κ3) is 5.75. The summed E-state index contributed by atoms with van der Waals surface area (Å²) in [6.07, 6.45) is 16.1. The van der Waals surface area contributed by atoms with Gasteiger partial charge in [-0.25, -0.2) is 11.1 Å². The van der Waals surface area contributed by atoms with E-state index in [1.54, 1.807) is 6.92 Å². The molecular weight excluding hydrogens is 420 g/mol. The molecule has 0 saturated heterocycles. The zero-order chi connectivity index (χ0) is 25.5. The molecule has 5 nitrogen and oxygen atoms in total. The van der Waals surface area contributed by atoms with Crippen molar-refractivity contribution in [3.05, 3.63) is 0 Å². The summed E-state index contributed by atoms with van der Waals surface area (Å²) in [6, 6.07) is 0. The first-order valence-corrected chi connectivity index (χ1v) is 14.3. The minimum atomic E-state index is 0.175. The van der Waals surface area contributed by atoms with Crippen molar-refractivity contribution in [2.75, 3.05) is 6.54 Å². The average Bonchev–Trinajstić information content (AvgIpc) is 3.10. The molecule has 4 fully saturated rings. The highest BCUT2D eigenvalue weighted by Gasteiger charge is 2.58. The summed E-state index contributed by atoms with van der Waals surface area (Å²) in [5, 5.41) is 0. The van der Waals surface area contributed by atoms with E-state index in [1.165, 1.54) is 70.6 Å². The van der Waals surface area contributed by atoms with Crippen LogP contribution in [-0.2, 0) is 4.79 Å². The van der Waals surface area contributed by atoms with Gasteiger partial charge in [0.2, 0.25) is 0 Å². The van der Waals surface area contributed by atoms with Crippen LogP contribution in [0.3, 0.4) is 0 Å². The number of hydrogen-bond donors (Lipinski definition) is 3. The van der Waals surface area contributed by atoms with Crippen molar-refractivity contribution in [3.8, 4) is 0 Å². The van der Waals surface area contributed by atoms with Crippen molar-refractivity contribution in [1.29, 1.82) is 11.1 Å². The number of ketones is 1. The summed E-state index contributed by atoms with van der Waals surface area (Å²) in [6.45, 7) is 13.7. The first kappa shape index (κ1) is 29.0. The molecule has 34 heavy (non-hydrogen) atoms. The monoisotopic (exact) mass is 474 g/mol. The van der Waals surface area contributed by atoms with Crippen molar-refractivity contribution in [2.45, 2.75) is 119 Å². The molecule has 0 bridgehead atoms. The van der Waals surface area contributed by atoms with Gasteiger partial charge >= 0.3 is 0 Å². The van der Waals surface area contributed by atoms with Crippen LogP contribution in [0, 0.1) is 57.4 Å². The lowest BCUT2D eigenvalue weighted by atomic mass is 9.44. The van der Waals surface area contributed by atoms with E-state index in [1.807, 2.05) is 13.8 Å². The Kier molecular flexibility index (Phi) is 10.8. The Labute approximate surface area is 209 Å². The van der Waals surface area contributed by atoms with Gasteiger partial charge in [-0.05, 0) is 98.7 Å². The molecule has 4 rings (SSSR count). The lowest BCUT2D eigenvalue weighted by Crippen LogP contribution is -2.54. The number of carbonyl (C=O) groups excluding carboxylic acids is 1. The molecule has 4 aliphatic rings. The zero-order valence-corrected chi connectivity index (χ0v) is 23.1. The lowest BCUT2D eigenvalue weighted by Gasteiger charge is -2.60. The largest absolute Gasteiger partial charge is 0.388 e. The molecule has 0 radical (unpaired) electrons. The highest BCUT2D eigenvalue weighted by molar-refractivity contribution is 5.87. The molecule has 8 unspecified atom stereocenters. The highest BCUT2D eigenvalue weighted by Crippen LogP contribution is 2.65. The van der Waals surface area contributed by atoms with E-state index in [0.29, 0.717) is 23.6 Å². The highest BCUT2D eigenvalue weighted by atomic mass is 16.1. The smallest absolute Gasteiger partial charge is 0.157 e.